The first-order valence-corrected chi connectivity index (χ1v) is 5.72. The van der Waals surface area contributed by atoms with Crippen LogP contribution in [0.15, 0.2) is 18.2 Å². The van der Waals surface area contributed by atoms with Crippen LogP contribution in [0.4, 0.5) is 11.4 Å². The van der Waals surface area contributed by atoms with E-state index in [4.69, 9.17) is 11.5 Å². The Morgan fingerprint density at radius 3 is 2.47 bits per heavy atom. The second-order valence-electron chi connectivity index (χ2n) is 4.87. The fourth-order valence-corrected chi connectivity index (χ4v) is 1.56. The summed E-state index contributed by atoms with van der Waals surface area (Å²) in [6.45, 7) is 7.64. The number of carbonyl (C=O) groups excluding carboxylic acids is 1. The van der Waals surface area contributed by atoms with Crippen LogP contribution in [0.1, 0.15) is 26.3 Å². The van der Waals surface area contributed by atoms with E-state index in [0.29, 0.717) is 5.69 Å². The number of carbonyl (C=O) groups is 1. The molecule has 4 heteroatoms. The first kappa shape index (κ1) is 13.4. The molecular formula is C13H21N3O. The van der Waals surface area contributed by atoms with Crippen LogP contribution in [-0.2, 0) is 4.79 Å². The molecule has 94 valence electrons. The van der Waals surface area contributed by atoms with E-state index >= 15 is 0 Å². The third-order valence-electron chi connectivity index (χ3n) is 3.44. The molecule has 0 saturated heterocycles. The van der Waals surface area contributed by atoms with Gasteiger partial charge in [0, 0.05) is 11.4 Å². The number of nitrogens with one attached hydrogen (secondary N) is 1. The Morgan fingerprint density at radius 2 is 2.00 bits per heavy atom. The number of benzene rings is 1. The number of hydrogen-bond acceptors (Lipinski definition) is 3. The van der Waals surface area contributed by atoms with Crippen LogP contribution in [0.25, 0.3) is 0 Å². The minimum absolute atomic E-state index is 0.0841. The molecule has 0 fully saturated rings. The van der Waals surface area contributed by atoms with E-state index in [1.807, 2.05) is 45.9 Å². The molecule has 0 saturated carbocycles. The molecule has 1 amide bonds. The van der Waals surface area contributed by atoms with E-state index in [-0.39, 0.29) is 11.8 Å². The standard InChI is InChI=1S/C13H21N3O/c1-8(2)13(4,12(15)17)16-11-7-5-6-10(14)9(11)3/h5-8,16H,14H2,1-4H3,(H2,15,17). The molecule has 0 radical (unpaired) electrons. The molecule has 0 spiro atoms. The quantitative estimate of drug-likeness (QED) is 0.697. The number of hydrogen-bond donors (Lipinski definition) is 3. The molecule has 1 atom stereocenters. The van der Waals surface area contributed by atoms with Crippen molar-refractivity contribution < 1.29 is 4.79 Å². The van der Waals surface area contributed by atoms with E-state index in [2.05, 4.69) is 5.32 Å². The van der Waals surface area contributed by atoms with Gasteiger partial charge >= 0.3 is 0 Å². The number of primary amides is 1. The molecule has 0 aliphatic rings. The minimum atomic E-state index is -0.779. The monoisotopic (exact) mass is 235 g/mol. The van der Waals surface area contributed by atoms with Gasteiger partial charge in [-0.05, 0) is 37.5 Å². The Bertz CT molecular complexity index is 429. The highest BCUT2D eigenvalue weighted by atomic mass is 16.1. The van der Waals surface area contributed by atoms with Gasteiger partial charge in [-0.1, -0.05) is 19.9 Å². The molecule has 1 unspecified atom stereocenters. The van der Waals surface area contributed by atoms with E-state index < -0.39 is 5.54 Å². The van der Waals surface area contributed by atoms with Gasteiger partial charge in [0.25, 0.3) is 0 Å². The fourth-order valence-electron chi connectivity index (χ4n) is 1.56. The average Bonchev–Trinajstić information content (AvgIpc) is 2.24. The van der Waals surface area contributed by atoms with Crippen molar-refractivity contribution in [2.75, 3.05) is 11.1 Å². The van der Waals surface area contributed by atoms with Gasteiger partial charge in [-0.3, -0.25) is 4.79 Å². The zero-order valence-corrected chi connectivity index (χ0v) is 10.9. The van der Waals surface area contributed by atoms with Crippen molar-refractivity contribution in [3.05, 3.63) is 23.8 Å². The molecule has 0 bridgehead atoms. The predicted octanol–water partition coefficient (Wildman–Crippen LogP) is 1.89. The summed E-state index contributed by atoms with van der Waals surface area (Å²) in [6, 6.07) is 5.58. The number of anilines is 2. The van der Waals surface area contributed by atoms with Gasteiger partial charge in [0.05, 0.1) is 0 Å². The van der Waals surface area contributed by atoms with E-state index in [1.165, 1.54) is 0 Å². The van der Waals surface area contributed by atoms with Gasteiger partial charge < -0.3 is 16.8 Å². The van der Waals surface area contributed by atoms with Gasteiger partial charge in [0.2, 0.25) is 5.91 Å². The van der Waals surface area contributed by atoms with E-state index in [1.54, 1.807) is 0 Å². The summed E-state index contributed by atoms with van der Waals surface area (Å²) in [5.41, 5.74) is 13.0. The van der Waals surface area contributed by atoms with Gasteiger partial charge in [-0.15, -0.1) is 0 Å². The van der Waals surface area contributed by atoms with Crippen molar-refractivity contribution in [1.29, 1.82) is 0 Å². The highest BCUT2D eigenvalue weighted by Gasteiger charge is 2.34. The Morgan fingerprint density at radius 1 is 1.41 bits per heavy atom. The summed E-state index contributed by atoms with van der Waals surface area (Å²) in [5, 5.41) is 3.21. The molecule has 4 nitrogen and oxygen atoms in total. The number of nitrogen functional groups attached to an aromatic ring is 1. The van der Waals surface area contributed by atoms with Crippen molar-refractivity contribution >= 4 is 17.3 Å². The highest BCUT2D eigenvalue weighted by molar-refractivity contribution is 5.88. The van der Waals surface area contributed by atoms with Crippen molar-refractivity contribution in [1.82, 2.24) is 0 Å². The lowest BCUT2D eigenvalue weighted by atomic mass is 9.87. The molecule has 0 aliphatic carbocycles. The van der Waals surface area contributed by atoms with E-state index in [0.717, 1.165) is 11.3 Å². The third-order valence-corrected chi connectivity index (χ3v) is 3.44. The third kappa shape index (κ3) is 2.52. The van der Waals surface area contributed by atoms with Crippen LogP contribution in [0.2, 0.25) is 0 Å². The first-order valence-electron chi connectivity index (χ1n) is 5.72. The topological polar surface area (TPSA) is 81.1 Å². The normalized spacial score (nSPS) is 14.4. The largest absolute Gasteiger partial charge is 0.398 e. The summed E-state index contributed by atoms with van der Waals surface area (Å²) in [5.74, 6) is -0.282. The highest BCUT2D eigenvalue weighted by Crippen LogP contribution is 2.27. The lowest BCUT2D eigenvalue weighted by molar-refractivity contribution is -0.123. The number of nitrogens with two attached hydrogens (primary N) is 2. The molecular weight excluding hydrogens is 214 g/mol. The van der Waals surface area contributed by atoms with Crippen molar-refractivity contribution in [3.63, 3.8) is 0 Å². The molecule has 0 heterocycles. The summed E-state index contributed by atoms with van der Waals surface area (Å²) in [4.78, 5) is 11.6. The lowest BCUT2D eigenvalue weighted by Gasteiger charge is -2.33. The zero-order chi connectivity index (χ0) is 13.2. The van der Waals surface area contributed by atoms with Crippen LogP contribution < -0.4 is 16.8 Å². The maximum atomic E-state index is 11.6. The van der Waals surface area contributed by atoms with Crippen molar-refractivity contribution in [2.24, 2.45) is 11.7 Å². The first-order chi connectivity index (χ1) is 7.79. The van der Waals surface area contributed by atoms with E-state index in [9.17, 15) is 4.79 Å². The Labute approximate surface area is 102 Å². The van der Waals surface area contributed by atoms with Gasteiger partial charge in [-0.25, -0.2) is 0 Å². The van der Waals surface area contributed by atoms with Crippen LogP contribution >= 0.6 is 0 Å². The Hall–Kier alpha value is -1.71. The van der Waals surface area contributed by atoms with Crippen molar-refractivity contribution in [2.45, 2.75) is 33.2 Å². The summed E-state index contributed by atoms with van der Waals surface area (Å²) in [7, 11) is 0. The second-order valence-corrected chi connectivity index (χ2v) is 4.87. The predicted molar refractivity (Wildman–Crippen MR) is 71.7 cm³/mol. The summed E-state index contributed by atoms with van der Waals surface area (Å²) < 4.78 is 0. The molecule has 0 aliphatic heterocycles. The molecule has 0 aromatic heterocycles. The Kier molecular flexibility index (Phi) is 3.66. The van der Waals surface area contributed by atoms with Gasteiger partial charge in [0.15, 0.2) is 0 Å². The number of rotatable bonds is 4. The maximum absolute atomic E-state index is 11.6. The van der Waals surface area contributed by atoms with Crippen molar-refractivity contribution in [3.8, 4) is 0 Å². The summed E-state index contributed by atoms with van der Waals surface area (Å²) >= 11 is 0. The van der Waals surface area contributed by atoms with Crippen LogP contribution in [0.5, 0.6) is 0 Å². The average molecular weight is 235 g/mol. The maximum Gasteiger partial charge on any atom is 0.243 e. The molecule has 1 aromatic rings. The SMILES string of the molecule is Cc1c(N)cccc1NC(C)(C(N)=O)C(C)C. The number of amides is 1. The lowest BCUT2D eigenvalue weighted by Crippen LogP contribution is -2.52. The van der Waals surface area contributed by atoms with Crippen LogP contribution in [0.3, 0.4) is 0 Å². The summed E-state index contributed by atoms with van der Waals surface area (Å²) in [6.07, 6.45) is 0. The molecule has 5 N–H and O–H groups in total. The van der Waals surface area contributed by atoms with Crippen LogP contribution in [0, 0.1) is 12.8 Å². The smallest absolute Gasteiger partial charge is 0.243 e. The van der Waals surface area contributed by atoms with Gasteiger partial charge in [-0.2, -0.15) is 0 Å². The van der Waals surface area contributed by atoms with Crippen LogP contribution in [-0.4, -0.2) is 11.4 Å². The second kappa shape index (κ2) is 4.65. The minimum Gasteiger partial charge on any atom is -0.398 e. The Balaban J connectivity index is 3.11. The van der Waals surface area contributed by atoms with Gasteiger partial charge in [0.1, 0.15) is 5.54 Å². The zero-order valence-electron chi connectivity index (χ0n) is 10.9. The fraction of sp³-hybridized carbons (Fsp3) is 0.462. The molecule has 1 rings (SSSR count). The molecule has 17 heavy (non-hydrogen) atoms. The molecule has 1 aromatic carbocycles.